The van der Waals surface area contributed by atoms with Crippen LogP contribution in [0.3, 0.4) is 0 Å². The molecule has 1 aromatic heterocycles. The van der Waals surface area contributed by atoms with Crippen molar-refractivity contribution in [2.24, 2.45) is 5.92 Å². The standard InChI is InChI=1S/C18H27N3O4/c1-12-15(6-5-9-21(12)17(24)25-18(2,3)4)16(23)20-13-7-8-19-14(10-13)11-22/h7-8,10,12,15,22H,5-6,9,11H2,1-4H3,(H,19,20,23)/t12-,15-/m1/s1. The van der Waals surface area contributed by atoms with E-state index in [0.29, 0.717) is 24.3 Å². The number of amides is 2. The van der Waals surface area contributed by atoms with Gasteiger partial charge < -0.3 is 20.1 Å². The van der Waals surface area contributed by atoms with E-state index in [1.54, 1.807) is 23.2 Å². The number of hydrogen-bond acceptors (Lipinski definition) is 5. The van der Waals surface area contributed by atoms with E-state index >= 15 is 0 Å². The van der Waals surface area contributed by atoms with E-state index in [-0.39, 0.29) is 30.6 Å². The quantitative estimate of drug-likeness (QED) is 0.875. The fraction of sp³-hybridized carbons (Fsp3) is 0.611. The van der Waals surface area contributed by atoms with Crippen LogP contribution in [0.5, 0.6) is 0 Å². The predicted octanol–water partition coefficient (Wildman–Crippen LogP) is 2.55. The minimum Gasteiger partial charge on any atom is -0.444 e. The Balaban J connectivity index is 2.05. The van der Waals surface area contributed by atoms with E-state index < -0.39 is 5.60 Å². The van der Waals surface area contributed by atoms with Crippen LogP contribution in [0.15, 0.2) is 18.3 Å². The summed E-state index contributed by atoms with van der Waals surface area (Å²) in [5.41, 5.74) is 0.513. The van der Waals surface area contributed by atoms with Gasteiger partial charge in [-0.25, -0.2) is 4.79 Å². The third kappa shape index (κ3) is 5.16. The van der Waals surface area contributed by atoms with Gasteiger partial charge in [-0.3, -0.25) is 9.78 Å². The van der Waals surface area contributed by atoms with E-state index in [0.717, 1.165) is 6.42 Å². The predicted molar refractivity (Wildman–Crippen MR) is 93.9 cm³/mol. The molecule has 25 heavy (non-hydrogen) atoms. The molecule has 0 bridgehead atoms. The molecule has 2 amide bonds. The Morgan fingerprint density at radius 2 is 2.16 bits per heavy atom. The fourth-order valence-electron chi connectivity index (χ4n) is 2.95. The van der Waals surface area contributed by atoms with Crippen molar-refractivity contribution in [1.29, 1.82) is 0 Å². The third-order valence-electron chi connectivity index (χ3n) is 4.20. The molecule has 2 heterocycles. The van der Waals surface area contributed by atoms with Crippen LogP contribution in [0.1, 0.15) is 46.2 Å². The summed E-state index contributed by atoms with van der Waals surface area (Å²) in [6, 6.07) is 3.07. The molecule has 0 aliphatic carbocycles. The van der Waals surface area contributed by atoms with Gasteiger partial charge in [0.05, 0.1) is 18.2 Å². The van der Waals surface area contributed by atoms with Crippen LogP contribution in [0.25, 0.3) is 0 Å². The van der Waals surface area contributed by atoms with Gasteiger partial charge >= 0.3 is 6.09 Å². The summed E-state index contributed by atoms with van der Waals surface area (Å²) in [4.78, 5) is 30.6. The zero-order chi connectivity index (χ0) is 18.6. The summed E-state index contributed by atoms with van der Waals surface area (Å²) in [5.74, 6) is -0.456. The lowest BCUT2D eigenvalue weighted by atomic mass is 9.89. The van der Waals surface area contributed by atoms with Crippen molar-refractivity contribution in [3.05, 3.63) is 24.0 Å². The third-order valence-corrected chi connectivity index (χ3v) is 4.20. The molecule has 7 nitrogen and oxygen atoms in total. The molecule has 0 aromatic carbocycles. The van der Waals surface area contributed by atoms with Crippen LogP contribution in [-0.2, 0) is 16.1 Å². The summed E-state index contributed by atoms with van der Waals surface area (Å²) in [7, 11) is 0. The van der Waals surface area contributed by atoms with E-state index in [4.69, 9.17) is 9.84 Å². The number of pyridine rings is 1. The molecule has 1 fully saturated rings. The molecule has 0 radical (unpaired) electrons. The average molecular weight is 349 g/mol. The number of likely N-dealkylation sites (tertiary alicyclic amines) is 1. The van der Waals surface area contributed by atoms with Crippen molar-refractivity contribution in [3.63, 3.8) is 0 Å². The first-order chi connectivity index (χ1) is 11.7. The molecule has 1 aliphatic heterocycles. The number of anilines is 1. The van der Waals surface area contributed by atoms with E-state index in [1.807, 2.05) is 27.7 Å². The number of aliphatic hydroxyl groups excluding tert-OH is 1. The highest BCUT2D eigenvalue weighted by Crippen LogP contribution is 2.26. The average Bonchev–Trinajstić information content (AvgIpc) is 2.53. The minimum absolute atomic E-state index is 0.143. The molecule has 2 rings (SSSR count). The van der Waals surface area contributed by atoms with E-state index in [9.17, 15) is 9.59 Å². The maximum Gasteiger partial charge on any atom is 0.410 e. The van der Waals surface area contributed by atoms with Crippen molar-refractivity contribution in [2.75, 3.05) is 11.9 Å². The first-order valence-corrected chi connectivity index (χ1v) is 8.57. The van der Waals surface area contributed by atoms with Crippen LogP contribution in [0.2, 0.25) is 0 Å². The van der Waals surface area contributed by atoms with Gasteiger partial charge in [0, 0.05) is 24.5 Å². The second kappa shape index (κ2) is 7.82. The number of ether oxygens (including phenoxy) is 1. The maximum absolute atomic E-state index is 12.7. The molecule has 0 saturated carbocycles. The van der Waals surface area contributed by atoms with Crippen LogP contribution in [0, 0.1) is 5.92 Å². The SMILES string of the molecule is C[C@@H]1[C@H](C(=O)Nc2ccnc(CO)c2)CCCN1C(=O)OC(C)(C)C. The van der Waals surface area contributed by atoms with Gasteiger partial charge in [0.2, 0.25) is 5.91 Å². The minimum atomic E-state index is -0.566. The Labute approximate surface area is 148 Å². The topological polar surface area (TPSA) is 91.8 Å². The molecular weight excluding hydrogens is 322 g/mol. The lowest BCUT2D eigenvalue weighted by molar-refractivity contribution is -0.123. The number of hydrogen-bond donors (Lipinski definition) is 2. The van der Waals surface area contributed by atoms with Gasteiger partial charge in [0.1, 0.15) is 5.60 Å². The number of aromatic nitrogens is 1. The maximum atomic E-state index is 12.7. The Hall–Kier alpha value is -2.15. The number of carbonyl (C=O) groups excluding carboxylic acids is 2. The highest BCUT2D eigenvalue weighted by molar-refractivity contribution is 5.93. The highest BCUT2D eigenvalue weighted by atomic mass is 16.6. The van der Waals surface area contributed by atoms with Crippen molar-refractivity contribution in [2.45, 2.75) is 58.8 Å². The molecule has 7 heteroatoms. The summed E-state index contributed by atoms with van der Waals surface area (Å²) < 4.78 is 5.44. The zero-order valence-corrected chi connectivity index (χ0v) is 15.3. The Morgan fingerprint density at radius 3 is 2.80 bits per heavy atom. The normalized spacial score (nSPS) is 20.9. The number of nitrogens with one attached hydrogen (secondary N) is 1. The second-order valence-electron chi connectivity index (χ2n) is 7.35. The fourth-order valence-corrected chi connectivity index (χ4v) is 2.95. The number of carbonyl (C=O) groups is 2. The Morgan fingerprint density at radius 1 is 1.44 bits per heavy atom. The van der Waals surface area contributed by atoms with Gasteiger partial charge in [-0.1, -0.05) is 0 Å². The molecule has 1 aliphatic rings. The summed E-state index contributed by atoms with van der Waals surface area (Å²) in [5, 5.41) is 12.0. The monoisotopic (exact) mass is 349 g/mol. The van der Waals surface area contributed by atoms with Gasteiger partial charge in [0.15, 0.2) is 0 Å². The molecule has 1 saturated heterocycles. The first-order valence-electron chi connectivity index (χ1n) is 8.57. The largest absolute Gasteiger partial charge is 0.444 e. The molecule has 138 valence electrons. The van der Waals surface area contributed by atoms with Crippen LogP contribution >= 0.6 is 0 Å². The van der Waals surface area contributed by atoms with Crippen LogP contribution in [0.4, 0.5) is 10.5 Å². The van der Waals surface area contributed by atoms with Crippen molar-refractivity contribution < 1.29 is 19.4 Å². The van der Waals surface area contributed by atoms with Gasteiger partial charge in [-0.05, 0) is 52.7 Å². The Bertz CT molecular complexity index is 627. The van der Waals surface area contributed by atoms with Crippen LogP contribution < -0.4 is 5.32 Å². The molecule has 2 N–H and O–H groups in total. The van der Waals surface area contributed by atoms with E-state index in [2.05, 4.69) is 10.3 Å². The molecular formula is C18H27N3O4. The second-order valence-corrected chi connectivity index (χ2v) is 7.35. The van der Waals surface area contributed by atoms with Gasteiger partial charge in [-0.15, -0.1) is 0 Å². The molecule has 1 aromatic rings. The molecule has 0 spiro atoms. The van der Waals surface area contributed by atoms with Crippen molar-refractivity contribution in [1.82, 2.24) is 9.88 Å². The molecule has 2 atom stereocenters. The summed E-state index contributed by atoms with van der Waals surface area (Å²) in [6.07, 6.45) is 2.62. The summed E-state index contributed by atoms with van der Waals surface area (Å²) >= 11 is 0. The lowest BCUT2D eigenvalue weighted by Gasteiger charge is -2.39. The number of rotatable bonds is 3. The van der Waals surface area contributed by atoms with Crippen molar-refractivity contribution in [3.8, 4) is 0 Å². The number of aliphatic hydroxyl groups is 1. The smallest absolute Gasteiger partial charge is 0.410 e. The summed E-state index contributed by atoms with van der Waals surface area (Å²) in [6.45, 7) is 7.75. The first kappa shape index (κ1) is 19.2. The van der Waals surface area contributed by atoms with Crippen molar-refractivity contribution >= 4 is 17.7 Å². The highest BCUT2D eigenvalue weighted by Gasteiger charge is 2.37. The zero-order valence-electron chi connectivity index (χ0n) is 15.3. The molecule has 0 unspecified atom stereocenters. The number of piperidine rings is 1. The van der Waals surface area contributed by atoms with Gasteiger partial charge in [-0.2, -0.15) is 0 Å². The van der Waals surface area contributed by atoms with E-state index in [1.165, 1.54) is 0 Å². The van der Waals surface area contributed by atoms with Gasteiger partial charge in [0.25, 0.3) is 0 Å². The Kier molecular flexibility index (Phi) is 6.00. The van der Waals surface area contributed by atoms with Crippen LogP contribution in [-0.4, -0.2) is 45.2 Å². The lowest BCUT2D eigenvalue weighted by Crippen LogP contribution is -2.51. The number of nitrogens with zero attached hydrogens (tertiary/aromatic N) is 2.